The maximum atomic E-state index is 6.16. The van der Waals surface area contributed by atoms with Crippen LogP contribution in [0.4, 0.5) is 0 Å². The Bertz CT molecular complexity index is 672. The van der Waals surface area contributed by atoms with Crippen LogP contribution in [-0.4, -0.2) is 0 Å². The first-order valence-corrected chi connectivity index (χ1v) is 6.55. The number of benzene rings is 3. The van der Waals surface area contributed by atoms with Gasteiger partial charge >= 0.3 is 0 Å². The van der Waals surface area contributed by atoms with E-state index in [-0.39, 0.29) is 0 Å². The smallest absolute Gasteiger partial charge is 0.0486 e. The highest BCUT2D eigenvalue weighted by Crippen LogP contribution is 2.31. The lowest BCUT2D eigenvalue weighted by Gasteiger charge is -2.11. The Morgan fingerprint density at radius 2 is 1.44 bits per heavy atom. The first-order chi connectivity index (χ1) is 8.90. The van der Waals surface area contributed by atoms with E-state index in [1.54, 1.807) is 0 Å². The quantitative estimate of drug-likeness (QED) is 0.547. The van der Waals surface area contributed by atoms with E-state index < -0.39 is 0 Å². The summed E-state index contributed by atoms with van der Waals surface area (Å²) in [5.74, 6) is 0.533. The summed E-state index contributed by atoms with van der Waals surface area (Å²) in [6.45, 7) is 0. The summed E-state index contributed by atoms with van der Waals surface area (Å²) in [6, 6.07) is 23.1. The van der Waals surface area contributed by atoms with Crippen LogP contribution in [0, 0.1) is 0 Å². The molecule has 3 aromatic rings. The SMILES string of the molecule is ClCc1c(-c2ccccc2)ccc2ccccc12. The summed E-state index contributed by atoms with van der Waals surface area (Å²) >= 11 is 6.16. The Morgan fingerprint density at radius 3 is 2.22 bits per heavy atom. The van der Waals surface area contributed by atoms with Gasteiger partial charge in [0.2, 0.25) is 0 Å². The van der Waals surface area contributed by atoms with Crippen molar-refractivity contribution in [3.63, 3.8) is 0 Å². The van der Waals surface area contributed by atoms with E-state index in [1.807, 2.05) is 6.07 Å². The van der Waals surface area contributed by atoms with Gasteiger partial charge in [0.05, 0.1) is 0 Å². The van der Waals surface area contributed by atoms with Gasteiger partial charge in [-0.15, -0.1) is 11.6 Å². The Kier molecular flexibility index (Phi) is 3.04. The van der Waals surface area contributed by atoms with Gasteiger partial charge in [0, 0.05) is 5.88 Å². The maximum Gasteiger partial charge on any atom is 0.0486 e. The molecule has 0 aliphatic rings. The number of alkyl halides is 1. The predicted molar refractivity (Wildman–Crippen MR) is 78.9 cm³/mol. The monoisotopic (exact) mass is 252 g/mol. The molecule has 0 radical (unpaired) electrons. The van der Waals surface area contributed by atoms with E-state index in [0.29, 0.717) is 5.88 Å². The normalized spacial score (nSPS) is 10.7. The zero-order valence-corrected chi connectivity index (χ0v) is 10.7. The summed E-state index contributed by atoms with van der Waals surface area (Å²) in [7, 11) is 0. The number of rotatable bonds is 2. The van der Waals surface area contributed by atoms with Gasteiger partial charge in [-0.25, -0.2) is 0 Å². The average Bonchev–Trinajstić information content (AvgIpc) is 2.47. The largest absolute Gasteiger partial charge is 0.122 e. The van der Waals surface area contributed by atoms with Crippen LogP contribution in [0.15, 0.2) is 66.7 Å². The highest BCUT2D eigenvalue weighted by Gasteiger charge is 2.07. The molecular formula is C17H13Cl. The molecular weight excluding hydrogens is 240 g/mol. The average molecular weight is 253 g/mol. The molecule has 88 valence electrons. The summed E-state index contributed by atoms with van der Waals surface area (Å²) in [5.41, 5.74) is 3.66. The molecule has 1 heteroatoms. The molecule has 0 aliphatic heterocycles. The fraction of sp³-hybridized carbons (Fsp3) is 0.0588. The van der Waals surface area contributed by atoms with E-state index in [9.17, 15) is 0 Å². The van der Waals surface area contributed by atoms with Crippen molar-refractivity contribution in [2.24, 2.45) is 0 Å². The lowest BCUT2D eigenvalue weighted by molar-refractivity contribution is 1.44. The van der Waals surface area contributed by atoms with E-state index in [1.165, 1.54) is 27.5 Å². The van der Waals surface area contributed by atoms with E-state index in [4.69, 9.17) is 11.6 Å². The molecule has 0 aromatic heterocycles. The van der Waals surface area contributed by atoms with Crippen molar-refractivity contribution in [1.29, 1.82) is 0 Å². The molecule has 0 saturated carbocycles. The van der Waals surface area contributed by atoms with Crippen LogP contribution in [0.5, 0.6) is 0 Å². The number of hydrogen-bond acceptors (Lipinski definition) is 0. The van der Waals surface area contributed by atoms with Crippen LogP contribution in [0.2, 0.25) is 0 Å². The fourth-order valence-electron chi connectivity index (χ4n) is 2.37. The van der Waals surface area contributed by atoms with Crippen molar-refractivity contribution >= 4 is 22.4 Å². The van der Waals surface area contributed by atoms with Crippen LogP contribution >= 0.6 is 11.6 Å². The molecule has 0 aliphatic carbocycles. The molecule has 0 fully saturated rings. The van der Waals surface area contributed by atoms with Crippen molar-refractivity contribution in [3.8, 4) is 11.1 Å². The molecule has 3 aromatic carbocycles. The van der Waals surface area contributed by atoms with Crippen LogP contribution in [0.3, 0.4) is 0 Å². The Labute approximate surface area is 112 Å². The maximum absolute atomic E-state index is 6.16. The van der Waals surface area contributed by atoms with Crippen LogP contribution in [-0.2, 0) is 5.88 Å². The minimum absolute atomic E-state index is 0.533. The predicted octanol–water partition coefficient (Wildman–Crippen LogP) is 5.25. The van der Waals surface area contributed by atoms with Crippen molar-refractivity contribution in [3.05, 3.63) is 72.3 Å². The minimum Gasteiger partial charge on any atom is -0.122 e. The topological polar surface area (TPSA) is 0 Å². The molecule has 0 bridgehead atoms. The van der Waals surface area contributed by atoms with Crippen LogP contribution in [0.1, 0.15) is 5.56 Å². The van der Waals surface area contributed by atoms with Crippen molar-refractivity contribution < 1.29 is 0 Å². The first-order valence-electron chi connectivity index (χ1n) is 6.02. The van der Waals surface area contributed by atoms with Gasteiger partial charge in [0.15, 0.2) is 0 Å². The molecule has 0 heterocycles. The zero-order valence-electron chi connectivity index (χ0n) is 9.94. The van der Waals surface area contributed by atoms with Crippen molar-refractivity contribution in [2.45, 2.75) is 5.88 Å². The second-order valence-electron chi connectivity index (χ2n) is 4.31. The zero-order chi connectivity index (χ0) is 12.4. The van der Waals surface area contributed by atoms with Gasteiger partial charge in [-0.05, 0) is 27.5 Å². The van der Waals surface area contributed by atoms with Gasteiger partial charge in [-0.3, -0.25) is 0 Å². The summed E-state index contributed by atoms with van der Waals surface area (Å²) in [6.07, 6.45) is 0. The molecule has 0 nitrogen and oxygen atoms in total. The summed E-state index contributed by atoms with van der Waals surface area (Å²) in [4.78, 5) is 0. The number of hydrogen-bond donors (Lipinski definition) is 0. The second-order valence-corrected chi connectivity index (χ2v) is 4.58. The van der Waals surface area contributed by atoms with Gasteiger partial charge in [0.25, 0.3) is 0 Å². The van der Waals surface area contributed by atoms with Crippen LogP contribution < -0.4 is 0 Å². The second kappa shape index (κ2) is 4.83. The highest BCUT2D eigenvalue weighted by atomic mass is 35.5. The van der Waals surface area contributed by atoms with Crippen molar-refractivity contribution in [1.82, 2.24) is 0 Å². The molecule has 3 rings (SSSR count). The number of fused-ring (bicyclic) bond motifs is 1. The molecule has 0 N–H and O–H groups in total. The van der Waals surface area contributed by atoms with Gasteiger partial charge in [-0.1, -0.05) is 66.7 Å². The fourth-order valence-corrected chi connectivity index (χ4v) is 2.66. The van der Waals surface area contributed by atoms with Gasteiger partial charge in [-0.2, -0.15) is 0 Å². The molecule has 0 atom stereocenters. The van der Waals surface area contributed by atoms with Crippen LogP contribution in [0.25, 0.3) is 21.9 Å². The van der Waals surface area contributed by atoms with E-state index in [2.05, 4.69) is 60.7 Å². The Balaban J connectivity index is 2.31. The molecule has 0 saturated heterocycles. The third kappa shape index (κ3) is 1.89. The van der Waals surface area contributed by atoms with E-state index >= 15 is 0 Å². The summed E-state index contributed by atoms with van der Waals surface area (Å²) in [5, 5.41) is 2.49. The lowest BCUT2D eigenvalue weighted by atomic mass is 9.95. The third-order valence-corrected chi connectivity index (χ3v) is 3.53. The Hall–Kier alpha value is -1.79. The standard InChI is InChI=1S/C17H13Cl/c18-12-17-15-9-5-4-8-14(15)10-11-16(17)13-6-2-1-3-7-13/h1-11H,12H2. The minimum atomic E-state index is 0.533. The molecule has 0 unspecified atom stereocenters. The first kappa shape index (κ1) is 11.3. The van der Waals surface area contributed by atoms with Crippen molar-refractivity contribution in [2.75, 3.05) is 0 Å². The van der Waals surface area contributed by atoms with Gasteiger partial charge < -0.3 is 0 Å². The molecule has 0 amide bonds. The Morgan fingerprint density at radius 1 is 0.722 bits per heavy atom. The summed E-state index contributed by atoms with van der Waals surface area (Å²) < 4.78 is 0. The molecule has 0 spiro atoms. The third-order valence-electron chi connectivity index (χ3n) is 3.26. The molecule has 18 heavy (non-hydrogen) atoms. The highest BCUT2D eigenvalue weighted by molar-refractivity contribution is 6.18. The number of halogens is 1. The lowest BCUT2D eigenvalue weighted by Crippen LogP contribution is -1.88. The van der Waals surface area contributed by atoms with Gasteiger partial charge in [0.1, 0.15) is 0 Å². The van der Waals surface area contributed by atoms with E-state index in [0.717, 1.165) is 0 Å².